The normalized spacial score (nSPS) is 16.3. The number of aryl methyl sites for hydroxylation is 2. The number of benzene rings is 1. The zero-order chi connectivity index (χ0) is 15.0. The summed E-state index contributed by atoms with van der Waals surface area (Å²) < 4.78 is 1.76. The molecule has 21 heavy (non-hydrogen) atoms. The number of carbonyl (C=O) groups is 1. The molecule has 1 heterocycles. The van der Waals surface area contributed by atoms with E-state index in [0.29, 0.717) is 10.7 Å². The van der Waals surface area contributed by atoms with Crippen molar-refractivity contribution in [2.75, 3.05) is 0 Å². The summed E-state index contributed by atoms with van der Waals surface area (Å²) in [6.45, 7) is 1.85. The zero-order valence-electron chi connectivity index (χ0n) is 12.2. The van der Waals surface area contributed by atoms with E-state index in [1.165, 1.54) is 0 Å². The van der Waals surface area contributed by atoms with E-state index in [9.17, 15) is 4.79 Å². The van der Waals surface area contributed by atoms with Gasteiger partial charge in [-0.2, -0.15) is 0 Å². The second kappa shape index (κ2) is 5.19. The lowest BCUT2D eigenvalue weighted by molar-refractivity contribution is 0.0814. The average molecular weight is 304 g/mol. The number of hydrogen-bond donors (Lipinski definition) is 1. The van der Waals surface area contributed by atoms with Gasteiger partial charge in [-0.15, -0.1) is 0 Å². The van der Waals surface area contributed by atoms with E-state index in [1.54, 1.807) is 10.9 Å². The molecule has 5 heteroatoms. The molecule has 110 valence electrons. The molecule has 1 aliphatic rings. The van der Waals surface area contributed by atoms with Crippen LogP contribution in [-0.2, 0) is 12.6 Å². The Hall–Kier alpha value is -1.81. The van der Waals surface area contributed by atoms with Gasteiger partial charge in [-0.25, -0.2) is 4.98 Å². The number of amides is 1. The molecule has 0 atom stereocenters. The van der Waals surface area contributed by atoms with Crippen LogP contribution >= 0.6 is 11.6 Å². The highest BCUT2D eigenvalue weighted by Gasteiger charge is 2.40. The first-order valence-corrected chi connectivity index (χ1v) is 7.46. The van der Waals surface area contributed by atoms with Crippen LogP contribution in [-0.4, -0.2) is 15.5 Å². The monoisotopic (exact) mass is 303 g/mol. The molecule has 4 nitrogen and oxygen atoms in total. The number of nitrogens with zero attached hydrogens (tertiary/aromatic N) is 2. The highest BCUT2D eigenvalue weighted by molar-refractivity contribution is 6.30. The molecule has 0 unspecified atom stereocenters. The number of imidazole rings is 1. The van der Waals surface area contributed by atoms with Gasteiger partial charge in [0.2, 0.25) is 0 Å². The summed E-state index contributed by atoms with van der Waals surface area (Å²) in [4.78, 5) is 16.8. The summed E-state index contributed by atoms with van der Waals surface area (Å²) >= 11 is 5.95. The molecule has 1 saturated carbocycles. The summed E-state index contributed by atoms with van der Waals surface area (Å²) in [5.74, 6) is -0.0675. The standard InChI is InChI=1S/C16H18ClN3O/c1-11-14(20(2)10-18-11)15(21)19-16(8-3-9-16)12-4-6-13(17)7-5-12/h4-7,10H,3,8-9H2,1-2H3,(H,19,21). The predicted octanol–water partition coefficient (Wildman–Crippen LogP) is 3.19. The lowest BCUT2D eigenvalue weighted by Gasteiger charge is -2.43. The van der Waals surface area contributed by atoms with Crippen molar-refractivity contribution < 1.29 is 4.79 Å². The lowest BCUT2D eigenvalue weighted by atomic mass is 9.71. The van der Waals surface area contributed by atoms with Crippen LogP contribution in [0.25, 0.3) is 0 Å². The third-order valence-electron chi connectivity index (χ3n) is 4.29. The van der Waals surface area contributed by atoms with Crippen LogP contribution in [0.1, 0.15) is 41.0 Å². The average Bonchev–Trinajstić information content (AvgIpc) is 2.74. The van der Waals surface area contributed by atoms with E-state index in [0.717, 1.165) is 30.5 Å². The maximum absolute atomic E-state index is 12.6. The van der Waals surface area contributed by atoms with Gasteiger partial charge in [0.05, 0.1) is 17.6 Å². The van der Waals surface area contributed by atoms with Crippen LogP contribution in [0, 0.1) is 6.92 Å². The zero-order valence-corrected chi connectivity index (χ0v) is 12.9. The van der Waals surface area contributed by atoms with Crippen molar-refractivity contribution in [2.45, 2.75) is 31.7 Å². The van der Waals surface area contributed by atoms with Crippen LogP contribution in [0.5, 0.6) is 0 Å². The van der Waals surface area contributed by atoms with Crippen molar-refractivity contribution in [3.8, 4) is 0 Å². The van der Waals surface area contributed by atoms with E-state index >= 15 is 0 Å². The van der Waals surface area contributed by atoms with Gasteiger partial charge in [-0.1, -0.05) is 23.7 Å². The number of carbonyl (C=O) groups excluding carboxylic acids is 1. The van der Waals surface area contributed by atoms with Crippen molar-refractivity contribution in [3.05, 3.63) is 52.6 Å². The van der Waals surface area contributed by atoms with Crippen molar-refractivity contribution in [1.82, 2.24) is 14.9 Å². The van der Waals surface area contributed by atoms with Gasteiger partial charge in [0.15, 0.2) is 0 Å². The first-order chi connectivity index (χ1) is 10.0. The highest BCUT2D eigenvalue weighted by Crippen LogP contribution is 2.41. The Morgan fingerprint density at radius 3 is 2.48 bits per heavy atom. The second-order valence-electron chi connectivity index (χ2n) is 5.69. The Morgan fingerprint density at radius 2 is 2.00 bits per heavy atom. The lowest BCUT2D eigenvalue weighted by Crippen LogP contribution is -2.51. The number of hydrogen-bond acceptors (Lipinski definition) is 2. The van der Waals surface area contributed by atoms with Crippen molar-refractivity contribution in [3.63, 3.8) is 0 Å². The predicted molar refractivity (Wildman–Crippen MR) is 82.4 cm³/mol. The van der Waals surface area contributed by atoms with Crippen LogP contribution in [0.15, 0.2) is 30.6 Å². The van der Waals surface area contributed by atoms with Crippen LogP contribution in [0.2, 0.25) is 5.02 Å². The molecular formula is C16H18ClN3O. The number of aromatic nitrogens is 2. The Labute approximate surface area is 129 Å². The first-order valence-electron chi connectivity index (χ1n) is 7.08. The fraction of sp³-hybridized carbons (Fsp3) is 0.375. The molecule has 0 aliphatic heterocycles. The van der Waals surface area contributed by atoms with E-state index in [1.807, 2.05) is 38.2 Å². The molecule has 2 aromatic rings. The number of nitrogens with one attached hydrogen (secondary N) is 1. The maximum Gasteiger partial charge on any atom is 0.270 e. The van der Waals surface area contributed by atoms with Gasteiger partial charge < -0.3 is 9.88 Å². The fourth-order valence-electron chi connectivity index (χ4n) is 2.93. The Morgan fingerprint density at radius 1 is 1.33 bits per heavy atom. The minimum absolute atomic E-state index is 0.0675. The molecule has 3 rings (SSSR count). The Balaban J connectivity index is 1.88. The van der Waals surface area contributed by atoms with E-state index < -0.39 is 0 Å². The van der Waals surface area contributed by atoms with Crippen LogP contribution < -0.4 is 5.32 Å². The molecule has 0 bridgehead atoms. The SMILES string of the molecule is Cc1ncn(C)c1C(=O)NC1(c2ccc(Cl)cc2)CCC1. The fourth-order valence-corrected chi connectivity index (χ4v) is 3.06. The molecule has 1 aromatic heterocycles. The summed E-state index contributed by atoms with van der Waals surface area (Å²) in [5.41, 5.74) is 2.22. The summed E-state index contributed by atoms with van der Waals surface area (Å²) in [6.07, 6.45) is 4.70. The quantitative estimate of drug-likeness (QED) is 0.946. The molecule has 1 amide bonds. The molecular weight excluding hydrogens is 286 g/mol. The third kappa shape index (κ3) is 2.44. The third-order valence-corrected chi connectivity index (χ3v) is 4.54. The van der Waals surface area contributed by atoms with Crippen molar-refractivity contribution in [1.29, 1.82) is 0 Å². The minimum atomic E-state index is -0.265. The molecule has 1 aromatic carbocycles. The highest BCUT2D eigenvalue weighted by atomic mass is 35.5. The molecule has 1 aliphatic carbocycles. The van der Waals surface area contributed by atoms with Gasteiger partial charge in [0.1, 0.15) is 5.69 Å². The largest absolute Gasteiger partial charge is 0.341 e. The summed E-state index contributed by atoms with van der Waals surface area (Å²) in [7, 11) is 1.84. The van der Waals surface area contributed by atoms with Crippen molar-refractivity contribution in [2.24, 2.45) is 7.05 Å². The molecule has 1 N–H and O–H groups in total. The van der Waals surface area contributed by atoms with E-state index in [-0.39, 0.29) is 11.4 Å². The number of halogens is 1. The van der Waals surface area contributed by atoms with Gasteiger partial charge in [0.25, 0.3) is 5.91 Å². The van der Waals surface area contributed by atoms with Crippen LogP contribution in [0.3, 0.4) is 0 Å². The van der Waals surface area contributed by atoms with E-state index in [2.05, 4.69) is 10.3 Å². The first kappa shape index (κ1) is 14.1. The van der Waals surface area contributed by atoms with Crippen LogP contribution in [0.4, 0.5) is 0 Å². The van der Waals surface area contributed by atoms with E-state index in [4.69, 9.17) is 11.6 Å². The summed E-state index contributed by atoms with van der Waals surface area (Å²) in [6, 6.07) is 7.74. The Kier molecular flexibility index (Phi) is 3.49. The molecule has 0 radical (unpaired) electrons. The molecule has 1 fully saturated rings. The van der Waals surface area contributed by atoms with Gasteiger partial charge >= 0.3 is 0 Å². The smallest absolute Gasteiger partial charge is 0.270 e. The maximum atomic E-state index is 12.6. The van der Waals surface area contributed by atoms with Gasteiger partial charge in [-0.3, -0.25) is 4.79 Å². The number of rotatable bonds is 3. The topological polar surface area (TPSA) is 46.9 Å². The molecule has 0 saturated heterocycles. The van der Waals surface area contributed by atoms with Gasteiger partial charge in [0, 0.05) is 12.1 Å². The minimum Gasteiger partial charge on any atom is -0.341 e. The Bertz CT molecular complexity index is 652. The summed E-state index contributed by atoms with van der Waals surface area (Å²) in [5, 5.41) is 3.92. The molecule has 0 spiro atoms. The second-order valence-corrected chi connectivity index (χ2v) is 6.12. The van der Waals surface area contributed by atoms with Gasteiger partial charge in [-0.05, 0) is 43.9 Å². The van der Waals surface area contributed by atoms with Crippen molar-refractivity contribution >= 4 is 17.5 Å².